The molecule has 1 saturated carbocycles. The normalized spacial score (nSPS) is 16.8. The minimum Gasteiger partial charge on any atom is -0.468 e. The number of rotatable bonds is 10. The van der Waals surface area contributed by atoms with E-state index in [1.165, 1.54) is 25.7 Å². The van der Waals surface area contributed by atoms with Crippen LogP contribution in [0.2, 0.25) is 0 Å². The average molecular weight is 467 g/mol. The fourth-order valence-corrected chi connectivity index (χ4v) is 4.33. The summed E-state index contributed by atoms with van der Waals surface area (Å²) >= 11 is 0. The van der Waals surface area contributed by atoms with Crippen molar-refractivity contribution in [3.05, 3.63) is 35.6 Å². The van der Waals surface area contributed by atoms with E-state index in [1.54, 1.807) is 32.9 Å². The minimum atomic E-state index is -0.826. The molecule has 1 fully saturated rings. The number of hydrogen-bond acceptors (Lipinski definition) is 6. The van der Waals surface area contributed by atoms with Crippen molar-refractivity contribution in [2.75, 3.05) is 26.8 Å². The van der Waals surface area contributed by atoms with E-state index in [9.17, 15) is 19.1 Å². The van der Waals surface area contributed by atoms with Gasteiger partial charge in [0.25, 0.3) is 0 Å². The van der Waals surface area contributed by atoms with Crippen molar-refractivity contribution in [1.82, 2.24) is 10.2 Å². The zero-order chi connectivity index (χ0) is 24.4. The summed E-state index contributed by atoms with van der Waals surface area (Å²) in [6.45, 7) is 5.92. The Labute approximate surface area is 196 Å². The van der Waals surface area contributed by atoms with Gasteiger partial charge in [0.1, 0.15) is 17.5 Å². The number of carbonyl (C=O) groups is 2. The molecule has 0 unspecified atom stereocenters. The monoisotopic (exact) mass is 466 g/mol. The molecular weight excluding hydrogens is 427 g/mol. The highest BCUT2D eigenvalue weighted by Gasteiger charge is 2.31. The molecule has 1 aliphatic carbocycles. The third-order valence-corrected chi connectivity index (χ3v) is 5.88. The second-order valence-corrected chi connectivity index (χ2v) is 9.85. The van der Waals surface area contributed by atoms with Gasteiger partial charge in [-0.25, -0.2) is 9.18 Å². The van der Waals surface area contributed by atoms with Crippen molar-refractivity contribution in [2.45, 2.75) is 77.0 Å². The van der Waals surface area contributed by atoms with Gasteiger partial charge in [-0.2, -0.15) is 0 Å². The van der Waals surface area contributed by atoms with E-state index >= 15 is 0 Å². The van der Waals surface area contributed by atoms with Crippen molar-refractivity contribution in [3.63, 3.8) is 0 Å². The standard InChI is InChI=1S/C25H39FN2O5/c1-25(2,3)33-24(31)27-21(14-18-10-12-20(26)13-11-18)16-28(22(17-29)23(30)32-4)15-19-8-6-5-7-9-19/h10-13,19,21-22,29H,5-9,14-17H2,1-4H3,(H,27,31)/t21-,22-/m0/s1. The molecular formula is C25H39FN2O5. The first-order valence-corrected chi connectivity index (χ1v) is 11.8. The summed E-state index contributed by atoms with van der Waals surface area (Å²) < 4.78 is 23.8. The van der Waals surface area contributed by atoms with Gasteiger partial charge in [0.05, 0.1) is 13.7 Å². The zero-order valence-corrected chi connectivity index (χ0v) is 20.3. The Balaban J connectivity index is 2.24. The predicted octanol–water partition coefficient (Wildman–Crippen LogP) is 3.68. The molecule has 2 N–H and O–H groups in total. The summed E-state index contributed by atoms with van der Waals surface area (Å²) in [7, 11) is 1.30. The highest BCUT2D eigenvalue weighted by atomic mass is 19.1. The number of esters is 1. The molecule has 2 rings (SSSR count). The Hall–Kier alpha value is -2.19. The van der Waals surface area contributed by atoms with Crippen LogP contribution >= 0.6 is 0 Å². The molecule has 0 saturated heterocycles. The van der Waals surface area contributed by atoms with Gasteiger partial charge >= 0.3 is 12.1 Å². The molecule has 7 nitrogen and oxygen atoms in total. The fraction of sp³-hybridized carbons (Fsp3) is 0.680. The number of carbonyl (C=O) groups excluding carboxylic acids is 2. The molecule has 33 heavy (non-hydrogen) atoms. The van der Waals surface area contributed by atoms with Crippen LogP contribution in [-0.2, 0) is 20.7 Å². The molecule has 186 valence electrons. The summed E-state index contributed by atoms with van der Waals surface area (Å²) in [5, 5.41) is 12.9. The Kier molecular flexibility index (Phi) is 10.6. The van der Waals surface area contributed by atoms with E-state index in [4.69, 9.17) is 9.47 Å². The summed E-state index contributed by atoms with van der Waals surface area (Å²) in [4.78, 5) is 26.9. The van der Waals surface area contributed by atoms with E-state index in [-0.39, 0.29) is 12.4 Å². The lowest BCUT2D eigenvalue weighted by molar-refractivity contribution is -0.149. The van der Waals surface area contributed by atoms with E-state index in [0.717, 1.165) is 31.2 Å². The molecule has 1 amide bonds. The van der Waals surface area contributed by atoms with Crippen molar-refractivity contribution in [3.8, 4) is 0 Å². The summed E-state index contributed by atoms with van der Waals surface area (Å²) in [5.41, 5.74) is 0.181. The zero-order valence-electron chi connectivity index (χ0n) is 20.3. The SMILES string of the molecule is COC(=O)[C@H](CO)N(CC1CCCCC1)C[C@H](Cc1ccc(F)cc1)NC(=O)OC(C)(C)C. The number of amides is 1. The van der Waals surface area contributed by atoms with Crippen LogP contribution in [0.25, 0.3) is 0 Å². The molecule has 1 aromatic rings. The molecule has 0 bridgehead atoms. The number of aliphatic hydroxyl groups is 1. The fourth-order valence-electron chi connectivity index (χ4n) is 4.33. The number of hydrogen-bond donors (Lipinski definition) is 2. The summed E-state index contributed by atoms with van der Waals surface area (Å²) in [6, 6.07) is 4.86. The lowest BCUT2D eigenvalue weighted by Gasteiger charge is -2.36. The molecule has 1 aliphatic rings. The van der Waals surface area contributed by atoms with E-state index < -0.39 is 29.7 Å². The van der Waals surface area contributed by atoms with Gasteiger partial charge in [0.2, 0.25) is 0 Å². The van der Waals surface area contributed by atoms with Crippen molar-refractivity contribution < 1.29 is 28.6 Å². The second kappa shape index (κ2) is 12.9. The molecule has 8 heteroatoms. The number of halogens is 1. The molecule has 0 spiro atoms. The van der Waals surface area contributed by atoms with Crippen LogP contribution in [0.3, 0.4) is 0 Å². The smallest absolute Gasteiger partial charge is 0.407 e. The van der Waals surface area contributed by atoms with Crippen molar-refractivity contribution >= 4 is 12.1 Å². The lowest BCUT2D eigenvalue weighted by atomic mass is 9.88. The minimum absolute atomic E-state index is 0.313. The van der Waals surface area contributed by atoms with Crippen molar-refractivity contribution in [2.24, 2.45) is 5.92 Å². The molecule has 0 aromatic heterocycles. The first-order valence-electron chi connectivity index (χ1n) is 11.8. The Morgan fingerprint density at radius 1 is 1.18 bits per heavy atom. The van der Waals surface area contributed by atoms with E-state index in [0.29, 0.717) is 25.4 Å². The van der Waals surface area contributed by atoms with E-state index in [2.05, 4.69) is 5.32 Å². The molecule has 0 aliphatic heterocycles. The van der Waals surface area contributed by atoms with E-state index in [1.807, 2.05) is 4.90 Å². The third-order valence-electron chi connectivity index (χ3n) is 5.88. The highest BCUT2D eigenvalue weighted by molar-refractivity contribution is 5.75. The average Bonchev–Trinajstić information content (AvgIpc) is 2.75. The Morgan fingerprint density at radius 3 is 2.36 bits per heavy atom. The first-order chi connectivity index (χ1) is 15.6. The van der Waals surface area contributed by atoms with Gasteiger partial charge in [-0.1, -0.05) is 31.4 Å². The largest absolute Gasteiger partial charge is 0.468 e. The number of benzene rings is 1. The first kappa shape index (κ1) is 27.1. The molecule has 2 atom stereocenters. The van der Waals surface area contributed by atoms with Crippen molar-refractivity contribution in [1.29, 1.82) is 0 Å². The van der Waals surface area contributed by atoms with Gasteiger partial charge in [-0.15, -0.1) is 0 Å². The van der Waals surface area contributed by atoms with Crippen LogP contribution < -0.4 is 5.32 Å². The Morgan fingerprint density at radius 2 is 1.82 bits per heavy atom. The van der Waals surface area contributed by atoms with Gasteiger partial charge in [0, 0.05) is 19.1 Å². The molecule has 0 radical (unpaired) electrons. The number of aliphatic hydroxyl groups excluding tert-OH is 1. The summed E-state index contributed by atoms with van der Waals surface area (Å²) in [5.74, 6) is -0.433. The van der Waals surface area contributed by atoms with Crippen LogP contribution in [0.15, 0.2) is 24.3 Å². The molecule has 0 heterocycles. The maximum Gasteiger partial charge on any atom is 0.407 e. The van der Waals surface area contributed by atoms with Crippen LogP contribution in [0.5, 0.6) is 0 Å². The van der Waals surface area contributed by atoms with Crippen LogP contribution in [-0.4, -0.2) is 66.6 Å². The maximum atomic E-state index is 13.4. The predicted molar refractivity (Wildman–Crippen MR) is 124 cm³/mol. The third kappa shape index (κ3) is 9.68. The number of methoxy groups -OCH3 is 1. The number of nitrogens with one attached hydrogen (secondary N) is 1. The van der Waals surface area contributed by atoms with Crippen LogP contribution in [0.4, 0.5) is 9.18 Å². The lowest BCUT2D eigenvalue weighted by Crippen LogP contribution is -2.53. The van der Waals surface area contributed by atoms with Gasteiger partial charge < -0.3 is 19.9 Å². The van der Waals surface area contributed by atoms with Crippen LogP contribution in [0, 0.1) is 11.7 Å². The summed E-state index contributed by atoms with van der Waals surface area (Å²) in [6.07, 6.45) is 5.50. The number of nitrogens with zero attached hydrogens (tertiary/aromatic N) is 1. The Bertz CT molecular complexity index is 744. The molecule has 1 aromatic carbocycles. The number of ether oxygens (including phenoxy) is 2. The quantitative estimate of drug-likeness (QED) is 0.512. The van der Waals surface area contributed by atoms with Gasteiger partial charge in [-0.3, -0.25) is 9.69 Å². The van der Waals surface area contributed by atoms with Gasteiger partial charge in [-0.05, 0) is 63.6 Å². The topological polar surface area (TPSA) is 88.1 Å². The number of alkyl carbamates (subject to hydrolysis) is 1. The highest BCUT2D eigenvalue weighted by Crippen LogP contribution is 2.25. The maximum absolute atomic E-state index is 13.4. The van der Waals surface area contributed by atoms with Crippen LogP contribution in [0.1, 0.15) is 58.4 Å². The van der Waals surface area contributed by atoms with Gasteiger partial charge in [0.15, 0.2) is 0 Å². The second-order valence-electron chi connectivity index (χ2n) is 9.85.